The molecule has 1 saturated carbocycles. The molecule has 1 rings (SSSR count). The molecular weight excluding hydrogens is 88.1 g/mol. The Morgan fingerprint density at radius 1 is 1.43 bits per heavy atom. The largest absolute Gasteiger partial charge is 0.197 e. The van der Waals surface area contributed by atoms with E-state index in [9.17, 15) is 0 Å². The maximum Gasteiger partial charge on any atom is 0.0708 e. The Bertz CT molecular complexity index is 74.1. The molecule has 7 heavy (non-hydrogen) atoms. The average molecular weight is 98.1 g/mol. The molecule has 0 spiro atoms. The van der Waals surface area contributed by atoms with Gasteiger partial charge in [0.25, 0.3) is 0 Å². The van der Waals surface area contributed by atoms with Crippen LogP contribution in [0, 0.1) is 0 Å². The van der Waals surface area contributed by atoms with E-state index in [2.05, 4.69) is 10.2 Å². The summed E-state index contributed by atoms with van der Waals surface area (Å²) < 4.78 is 0. The highest BCUT2D eigenvalue weighted by Crippen LogP contribution is 2.21. The summed E-state index contributed by atoms with van der Waals surface area (Å²) in [6.45, 7) is 0. The lowest BCUT2D eigenvalue weighted by atomic mass is 9.94. The van der Waals surface area contributed by atoms with E-state index >= 15 is 0 Å². The summed E-state index contributed by atoms with van der Waals surface area (Å²) >= 11 is 0. The molecule has 0 unspecified atom stereocenters. The van der Waals surface area contributed by atoms with E-state index in [1.807, 2.05) is 0 Å². The molecule has 1 fully saturated rings. The van der Waals surface area contributed by atoms with Crippen molar-refractivity contribution in [3.05, 3.63) is 0 Å². The van der Waals surface area contributed by atoms with Crippen molar-refractivity contribution in [2.24, 2.45) is 10.2 Å². The Morgan fingerprint density at radius 2 is 2.14 bits per heavy atom. The van der Waals surface area contributed by atoms with Gasteiger partial charge in [-0.25, -0.2) is 0 Å². The Labute approximate surface area is 43.6 Å². The second kappa shape index (κ2) is 2.05. The van der Waals surface area contributed by atoms with Crippen molar-refractivity contribution in [3.63, 3.8) is 0 Å². The number of azo groups is 1. The fraction of sp³-hybridized carbons (Fsp3) is 1.00. The van der Waals surface area contributed by atoms with Crippen LogP contribution < -0.4 is 0 Å². The minimum absolute atomic E-state index is 0.588. The van der Waals surface area contributed by atoms with Crippen LogP contribution in [0.15, 0.2) is 10.2 Å². The minimum atomic E-state index is 0.588. The zero-order valence-electron chi connectivity index (χ0n) is 4.59. The van der Waals surface area contributed by atoms with Crippen molar-refractivity contribution >= 4 is 0 Å². The normalized spacial score (nSPS) is 23.0. The van der Waals surface area contributed by atoms with E-state index in [1.54, 1.807) is 7.05 Å². The van der Waals surface area contributed by atoms with Gasteiger partial charge in [-0.05, 0) is 19.3 Å². The van der Waals surface area contributed by atoms with Crippen molar-refractivity contribution in [2.75, 3.05) is 7.05 Å². The summed E-state index contributed by atoms with van der Waals surface area (Å²) in [4.78, 5) is 0. The van der Waals surface area contributed by atoms with Crippen molar-refractivity contribution in [3.8, 4) is 0 Å². The predicted molar refractivity (Wildman–Crippen MR) is 28.4 cm³/mol. The number of rotatable bonds is 1. The highest BCUT2D eigenvalue weighted by molar-refractivity contribution is 4.73. The standard InChI is InChI=1S/C5H10N2/c1-6-7-5-3-2-4-5/h5H,2-4H2,1H3. The lowest BCUT2D eigenvalue weighted by molar-refractivity contribution is 0.405. The molecule has 0 bridgehead atoms. The molecule has 0 aromatic rings. The molecule has 2 heteroatoms. The average Bonchev–Trinajstić information content (AvgIpc) is 1.55. The van der Waals surface area contributed by atoms with E-state index in [-0.39, 0.29) is 0 Å². The zero-order chi connectivity index (χ0) is 5.11. The number of nitrogens with zero attached hydrogens (tertiary/aromatic N) is 2. The van der Waals surface area contributed by atoms with Gasteiger partial charge in [-0.1, -0.05) is 0 Å². The molecule has 0 amide bonds. The molecule has 0 aliphatic heterocycles. The first-order chi connectivity index (χ1) is 3.43. The first-order valence-corrected chi connectivity index (χ1v) is 2.72. The van der Waals surface area contributed by atoms with Gasteiger partial charge in [-0.15, -0.1) is 0 Å². The summed E-state index contributed by atoms with van der Waals surface area (Å²) in [5.74, 6) is 0. The summed E-state index contributed by atoms with van der Waals surface area (Å²) in [5.41, 5.74) is 0. The lowest BCUT2D eigenvalue weighted by Gasteiger charge is -2.18. The van der Waals surface area contributed by atoms with Gasteiger partial charge in [0.2, 0.25) is 0 Å². The topological polar surface area (TPSA) is 24.7 Å². The van der Waals surface area contributed by atoms with Crippen LogP contribution >= 0.6 is 0 Å². The smallest absolute Gasteiger partial charge is 0.0708 e. The molecular formula is C5H10N2. The molecule has 1 aliphatic rings. The van der Waals surface area contributed by atoms with Crippen molar-refractivity contribution in [1.29, 1.82) is 0 Å². The second-order valence-electron chi connectivity index (χ2n) is 1.90. The molecule has 0 saturated heterocycles. The first kappa shape index (κ1) is 4.75. The monoisotopic (exact) mass is 98.1 g/mol. The molecule has 2 nitrogen and oxygen atoms in total. The van der Waals surface area contributed by atoms with Crippen molar-refractivity contribution in [2.45, 2.75) is 25.3 Å². The quantitative estimate of drug-likeness (QED) is 0.445. The Morgan fingerprint density at radius 3 is 2.29 bits per heavy atom. The van der Waals surface area contributed by atoms with Gasteiger partial charge in [-0.3, -0.25) is 0 Å². The van der Waals surface area contributed by atoms with Crippen molar-refractivity contribution in [1.82, 2.24) is 0 Å². The van der Waals surface area contributed by atoms with Crippen LogP contribution in [-0.2, 0) is 0 Å². The van der Waals surface area contributed by atoms with Crippen molar-refractivity contribution < 1.29 is 0 Å². The Balaban J connectivity index is 2.14. The van der Waals surface area contributed by atoms with Gasteiger partial charge < -0.3 is 0 Å². The maximum atomic E-state index is 3.95. The molecule has 0 radical (unpaired) electrons. The van der Waals surface area contributed by atoms with Gasteiger partial charge in [0.1, 0.15) is 0 Å². The van der Waals surface area contributed by atoms with Crippen LogP contribution in [0.2, 0.25) is 0 Å². The third-order valence-corrected chi connectivity index (χ3v) is 1.35. The van der Waals surface area contributed by atoms with Crippen LogP contribution in [0.3, 0.4) is 0 Å². The van der Waals surface area contributed by atoms with Crippen LogP contribution in [0.25, 0.3) is 0 Å². The van der Waals surface area contributed by atoms with E-state index in [4.69, 9.17) is 0 Å². The van der Waals surface area contributed by atoms with Gasteiger partial charge in [0, 0.05) is 7.05 Å². The van der Waals surface area contributed by atoms with Gasteiger partial charge in [0.15, 0.2) is 0 Å². The second-order valence-corrected chi connectivity index (χ2v) is 1.90. The van der Waals surface area contributed by atoms with Crippen LogP contribution in [-0.4, -0.2) is 13.1 Å². The zero-order valence-corrected chi connectivity index (χ0v) is 4.59. The van der Waals surface area contributed by atoms with E-state index in [1.165, 1.54) is 19.3 Å². The fourth-order valence-corrected chi connectivity index (χ4v) is 0.665. The molecule has 0 atom stereocenters. The molecule has 0 N–H and O–H groups in total. The number of hydrogen-bond acceptors (Lipinski definition) is 2. The Hall–Kier alpha value is -0.400. The van der Waals surface area contributed by atoms with E-state index in [0.717, 1.165) is 0 Å². The highest BCUT2D eigenvalue weighted by atomic mass is 15.1. The predicted octanol–water partition coefficient (Wildman–Crippen LogP) is 1.62. The van der Waals surface area contributed by atoms with Gasteiger partial charge >= 0.3 is 0 Å². The molecule has 0 aromatic carbocycles. The fourth-order valence-electron chi connectivity index (χ4n) is 0.665. The maximum absolute atomic E-state index is 3.95. The molecule has 0 aromatic heterocycles. The van der Waals surface area contributed by atoms with E-state index < -0.39 is 0 Å². The molecule has 0 heterocycles. The Kier molecular flexibility index (Phi) is 1.39. The van der Waals surface area contributed by atoms with Gasteiger partial charge in [0.05, 0.1) is 6.04 Å². The highest BCUT2D eigenvalue weighted by Gasteiger charge is 2.15. The summed E-state index contributed by atoms with van der Waals surface area (Å²) in [6.07, 6.45) is 3.87. The van der Waals surface area contributed by atoms with E-state index in [0.29, 0.717) is 6.04 Å². The first-order valence-electron chi connectivity index (χ1n) is 2.72. The minimum Gasteiger partial charge on any atom is -0.197 e. The summed E-state index contributed by atoms with van der Waals surface area (Å²) in [5, 5.41) is 7.64. The van der Waals surface area contributed by atoms with Gasteiger partial charge in [-0.2, -0.15) is 10.2 Å². The summed E-state index contributed by atoms with van der Waals surface area (Å²) in [6, 6.07) is 0.588. The summed E-state index contributed by atoms with van der Waals surface area (Å²) in [7, 11) is 1.73. The third-order valence-electron chi connectivity index (χ3n) is 1.35. The van der Waals surface area contributed by atoms with Crippen LogP contribution in [0.1, 0.15) is 19.3 Å². The molecule has 40 valence electrons. The third kappa shape index (κ3) is 0.981. The SMILES string of the molecule is CN=NC1CCC1. The van der Waals surface area contributed by atoms with Crippen LogP contribution in [0.5, 0.6) is 0 Å². The number of hydrogen-bond donors (Lipinski definition) is 0. The molecule has 1 aliphatic carbocycles. The lowest BCUT2D eigenvalue weighted by Crippen LogP contribution is -2.13. The van der Waals surface area contributed by atoms with Crippen LogP contribution in [0.4, 0.5) is 0 Å².